The molecule has 0 aromatic heterocycles. The van der Waals surface area contributed by atoms with Crippen LogP contribution >= 0.6 is 0 Å². The standard InChI is InChI=1S/C15H18FNO4/c1-9-4-5-12(16)11(7-9)14(18)17-13(15(19)20)10-3-2-6-21-8-10/h4-5,7,10,13H,2-3,6,8H2,1H3,(H,17,18)(H,19,20). The number of aryl methyl sites for hydroxylation is 1. The average molecular weight is 295 g/mol. The van der Waals surface area contributed by atoms with Gasteiger partial charge in [0.15, 0.2) is 0 Å². The van der Waals surface area contributed by atoms with Crippen LogP contribution in [-0.4, -0.2) is 36.2 Å². The molecule has 1 amide bonds. The predicted octanol–water partition coefficient (Wildman–Crippen LogP) is 1.74. The van der Waals surface area contributed by atoms with Gasteiger partial charge in [0.05, 0.1) is 12.2 Å². The first-order valence-corrected chi connectivity index (χ1v) is 6.86. The van der Waals surface area contributed by atoms with Gasteiger partial charge in [-0.05, 0) is 31.9 Å². The predicted molar refractivity (Wildman–Crippen MR) is 73.6 cm³/mol. The van der Waals surface area contributed by atoms with Gasteiger partial charge in [-0.15, -0.1) is 0 Å². The van der Waals surface area contributed by atoms with E-state index in [4.69, 9.17) is 4.74 Å². The molecule has 114 valence electrons. The Kier molecular flexibility index (Phi) is 4.90. The maximum absolute atomic E-state index is 13.7. The number of aliphatic carboxylic acids is 1. The normalized spacial score (nSPS) is 19.8. The Labute approximate surface area is 122 Å². The van der Waals surface area contributed by atoms with E-state index in [0.717, 1.165) is 12.0 Å². The summed E-state index contributed by atoms with van der Waals surface area (Å²) in [7, 11) is 0. The van der Waals surface area contributed by atoms with Crippen LogP contribution in [0.3, 0.4) is 0 Å². The number of carboxylic acid groups (broad SMARTS) is 1. The molecule has 1 fully saturated rings. The van der Waals surface area contributed by atoms with Gasteiger partial charge in [0.25, 0.3) is 5.91 Å². The molecule has 1 aromatic rings. The summed E-state index contributed by atoms with van der Waals surface area (Å²) in [5, 5.41) is 11.7. The van der Waals surface area contributed by atoms with Crippen LogP contribution in [0.25, 0.3) is 0 Å². The lowest BCUT2D eigenvalue weighted by atomic mass is 9.93. The van der Waals surface area contributed by atoms with Gasteiger partial charge in [0.1, 0.15) is 11.9 Å². The number of carboxylic acids is 1. The van der Waals surface area contributed by atoms with Gasteiger partial charge >= 0.3 is 5.97 Å². The van der Waals surface area contributed by atoms with E-state index in [1.54, 1.807) is 13.0 Å². The van der Waals surface area contributed by atoms with Gasteiger partial charge in [-0.25, -0.2) is 9.18 Å². The highest BCUT2D eigenvalue weighted by Crippen LogP contribution is 2.19. The molecule has 2 atom stereocenters. The molecule has 6 heteroatoms. The largest absolute Gasteiger partial charge is 0.480 e. The van der Waals surface area contributed by atoms with Gasteiger partial charge in [-0.3, -0.25) is 4.79 Å². The number of carbonyl (C=O) groups excluding carboxylic acids is 1. The lowest BCUT2D eigenvalue weighted by molar-refractivity contribution is -0.142. The van der Waals surface area contributed by atoms with Crippen LogP contribution in [0.1, 0.15) is 28.8 Å². The summed E-state index contributed by atoms with van der Waals surface area (Å²) >= 11 is 0. The van der Waals surface area contributed by atoms with Crippen molar-refractivity contribution >= 4 is 11.9 Å². The van der Waals surface area contributed by atoms with E-state index in [0.29, 0.717) is 13.0 Å². The summed E-state index contributed by atoms with van der Waals surface area (Å²) in [6.45, 7) is 2.62. The summed E-state index contributed by atoms with van der Waals surface area (Å²) in [5.41, 5.74) is 0.590. The second-order valence-electron chi connectivity index (χ2n) is 5.25. The summed E-state index contributed by atoms with van der Waals surface area (Å²) in [6.07, 6.45) is 1.41. The molecule has 1 aromatic carbocycles. The van der Waals surface area contributed by atoms with Crippen molar-refractivity contribution in [2.75, 3.05) is 13.2 Å². The number of amides is 1. The monoisotopic (exact) mass is 295 g/mol. The van der Waals surface area contributed by atoms with Crippen molar-refractivity contribution in [1.82, 2.24) is 5.32 Å². The van der Waals surface area contributed by atoms with Gasteiger partial charge in [-0.1, -0.05) is 11.6 Å². The molecular formula is C15H18FNO4. The second kappa shape index (κ2) is 6.67. The van der Waals surface area contributed by atoms with Crippen molar-refractivity contribution in [3.05, 3.63) is 35.1 Å². The number of halogens is 1. The van der Waals surface area contributed by atoms with E-state index in [-0.39, 0.29) is 18.1 Å². The third-order valence-electron chi connectivity index (χ3n) is 3.59. The number of hydrogen-bond acceptors (Lipinski definition) is 3. The molecule has 1 heterocycles. The molecule has 2 unspecified atom stereocenters. The van der Waals surface area contributed by atoms with E-state index < -0.39 is 23.7 Å². The van der Waals surface area contributed by atoms with Crippen molar-refractivity contribution in [1.29, 1.82) is 0 Å². The molecule has 2 N–H and O–H groups in total. The van der Waals surface area contributed by atoms with Crippen molar-refractivity contribution in [3.8, 4) is 0 Å². The van der Waals surface area contributed by atoms with Gasteiger partial charge in [-0.2, -0.15) is 0 Å². The lowest BCUT2D eigenvalue weighted by Crippen LogP contribution is -2.48. The summed E-state index contributed by atoms with van der Waals surface area (Å²) in [5.74, 6) is -2.81. The molecular weight excluding hydrogens is 277 g/mol. The maximum Gasteiger partial charge on any atom is 0.326 e. The van der Waals surface area contributed by atoms with Gasteiger partial charge in [0, 0.05) is 12.5 Å². The third kappa shape index (κ3) is 3.78. The van der Waals surface area contributed by atoms with Crippen LogP contribution < -0.4 is 5.32 Å². The van der Waals surface area contributed by atoms with E-state index in [9.17, 15) is 19.1 Å². The quantitative estimate of drug-likeness (QED) is 0.887. The Morgan fingerprint density at radius 3 is 2.86 bits per heavy atom. The van der Waals surface area contributed by atoms with Crippen LogP contribution in [-0.2, 0) is 9.53 Å². The average Bonchev–Trinajstić information content (AvgIpc) is 2.47. The highest BCUT2D eigenvalue weighted by Gasteiger charge is 2.32. The number of nitrogens with one attached hydrogen (secondary N) is 1. The fourth-order valence-corrected chi connectivity index (χ4v) is 2.44. The Morgan fingerprint density at radius 1 is 1.48 bits per heavy atom. The Morgan fingerprint density at radius 2 is 2.24 bits per heavy atom. The molecule has 2 rings (SSSR count). The lowest BCUT2D eigenvalue weighted by Gasteiger charge is -2.28. The fourth-order valence-electron chi connectivity index (χ4n) is 2.44. The minimum Gasteiger partial charge on any atom is -0.480 e. The molecule has 21 heavy (non-hydrogen) atoms. The van der Waals surface area contributed by atoms with E-state index in [1.807, 2.05) is 0 Å². The number of hydrogen-bond donors (Lipinski definition) is 2. The first kappa shape index (κ1) is 15.4. The third-order valence-corrected chi connectivity index (χ3v) is 3.59. The van der Waals surface area contributed by atoms with E-state index in [2.05, 4.69) is 5.32 Å². The van der Waals surface area contributed by atoms with Gasteiger partial charge in [0.2, 0.25) is 0 Å². The molecule has 1 aliphatic rings. The minimum atomic E-state index is -1.13. The molecule has 0 radical (unpaired) electrons. The summed E-state index contributed by atoms with van der Waals surface area (Å²) in [4.78, 5) is 23.5. The fraction of sp³-hybridized carbons (Fsp3) is 0.467. The summed E-state index contributed by atoms with van der Waals surface area (Å²) < 4.78 is 18.9. The molecule has 0 aliphatic carbocycles. The highest BCUT2D eigenvalue weighted by atomic mass is 19.1. The zero-order chi connectivity index (χ0) is 15.4. The number of ether oxygens (including phenoxy) is 1. The van der Waals surface area contributed by atoms with Gasteiger partial charge < -0.3 is 15.2 Å². The zero-order valence-electron chi connectivity index (χ0n) is 11.8. The van der Waals surface area contributed by atoms with Crippen molar-refractivity contribution < 1.29 is 23.8 Å². The molecule has 1 aliphatic heterocycles. The molecule has 5 nitrogen and oxygen atoms in total. The Hall–Kier alpha value is -1.95. The first-order chi connectivity index (χ1) is 9.99. The topological polar surface area (TPSA) is 75.6 Å². The first-order valence-electron chi connectivity index (χ1n) is 6.86. The van der Waals surface area contributed by atoms with Crippen LogP contribution in [0.15, 0.2) is 18.2 Å². The molecule has 0 bridgehead atoms. The number of benzene rings is 1. The number of carbonyl (C=O) groups is 2. The van der Waals surface area contributed by atoms with Crippen molar-refractivity contribution in [2.24, 2.45) is 5.92 Å². The van der Waals surface area contributed by atoms with E-state index >= 15 is 0 Å². The van der Waals surface area contributed by atoms with Crippen LogP contribution in [0.5, 0.6) is 0 Å². The number of rotatable bonds is 4. The molecule has 0 saturated carbocycles. The van der Waals surface area contributed by atoms with Crippen molar-refractivity contribution in [2.45, 2.75) is 25.8 Å². The SMILES string of the molecule is Cc1ccc(F)c(C(=O)NC(C(=O)O)C2CCCOC2)c1. The summed E-state index contributed by atoms with van der Waals surface area (Å²) in [6, 6.07) is 3.08. The zero-order valence-corrected chi connectivity index (χ0v) is 11.8. The molecule has 1 saturated heterocycles. The van der Waals surface area contributed by atoms with Crippen LogP contribution in [0.2, 0.25) is 0 Å². The highest BCUT2D eigenvalue weighted by molar-refractivity contribution is 5.97. The second-order valence-corrected chi connectivity index (χ2v) is 5.25. The minimum absolute atomic E-state index is 0.141. The Balaban J connectivity index is 2.14. The maximum atomic E-state index is 13.7. The Bertz CT molecular complexity index is 540. The van der Waals surface area contributed by atoms with Crippen LogP contribution in [0, 0.1) is 18.7 Å². The van der Waals surface area contributed by atoms with Crippen LogP contribution in [0.4, 0.5) is 4.39 Å². The molecule has 0 spiro atoms. The van der Waals surface area contributed by atoms with E-state index in [1.165, 1.54) is 12.1 Å². The smallest absolute Gasteiger partial charge is 0.326 e. The van der Waals surface area contributed by atoms with Crippen molar-refractivity contribution in [3.63, 3.8) is 0 Å².